The Bertz CT molecular complexity index is 283. The Balaban J connectivity index is 3.03. The molecule has 0 spiro atoms. The van der Waals surface area contributed by atoms with E-state index in [9.17, 15) is 4.79 Å². The van der Waals surface area contributed by atoms with Gasteiger partial charge in [-0.3, -0.25) is 4.79 Å². The Morgan fingerprint density at radius 3 is 2.54 bits per heavy atom. The Labute approximate surface area is 77.3 Å². The summed E-state index contributed by atoms with van der Waals surface area (Å²) >= 11 is 0. The molecule has 0 bridgehead atoms. The van der Waals surface area contributed by atoms with Gasteiger partial charge in [0.1, 0.15) is 5.75 Å². The molecule has 0 aromatic heterocycles. The first-order chi connectivity index (χ1) is 6.33. The van der Waals surface area contributed by atoms with Crippen molar-refractivity contribution in [3.8, 4) is 5.75 Å². The Morgan fingerprint density at radius 1 is 1.31 bits per heavy atom. The highest BCUT2D eigenvalue weighted by molar-refractivity contribution is 5.63. The lowest BCUT2D eigenvalue weighted by Gasteiger charge is -2.11. The number of carbonyl (C=O) groups excluding carboxylic acids is 1. The maximum absolute atomic E-state index is 10.5. The molecule has 1 aromatic carbocycles. The minimum absolute atomic E-state index is 0.637. The van der Waals surface area contributed by atoms with Crippen LogP contribution in [0.1, 0.15) is 11.7 Å². The zero-order valence-electron chi connectivity index (χ0n) is 7.61. The van der Waals surface area contributed by atoms with E-state index in [2.05, 4.69) is 0 Å². The minimum Gasteiger partial charge on any atom is -0.496 e. The summed E-state index contributed by atoms with van der Waals surface area (Å²) in [4.78, 5) is 10.5. The molecule has 13 heavy (non-hydrogen) atoms. The van der Waals surface area contributed by atoms with Crippen molar-refractivity contribution in [2.75, 3.05) is 14.2 Å². The molecule has 0 saturated carbocycles. The maximum atomic E-state index is 10.5. The van der Waals surface area contributed by atoms with Gasteiger partial charge < -0.3 is 9.47 Å². The Morgan fingerprint density at radius 2 is 2.00 bits per heavy atom. The number of ether oxygens (including phenoxy) is 2. The Kier molecular flexibility index (Phi) is 3.46. The number of hydrogen-bond acceptors (Lipinski definition) is 3. The van der Waals surface area contributed by atoms with Gasteiger partial charge in [-0.15, -0.1) is 0 Å². The van der Waals surface area contributed by atoms with Gasteiger partial charge in [-0.25, -0.2) is 0 Å². The molecule has 0 fully saturated rings. The Hall–Kier alpha value is -1.35. The summed E-state index contributed by atoms with van der Waals surface area (Å²) in [6.07, 6.45) is 1.12. The van der Waals surface area contributed by atoms with Gasteiger partial charge in [-0.1, -0.05) is 18.2 Å². The van der Waals surface area contributed by atoms with Gasteiger partial charge >= 0.3 is 0 Å². The molecule has 3 heteroatoms. The number of hydrogen-bond donors (Lipinski definition) is 0. The number of benzene rings is 1. The fourth-order valence-corrected chi connectivity index (χ4v) is 1.12. The van der Waals surface area contributed by atoms with E-state index in [1.165, 1.54) is 7.11 Å². The van der Waals surface area contributed by atoms with Crippen LogP contribution in [0.2, 0.25) is 0 Å². The van der Waals surface area contributed by atoms with Crippen molar-refractivity contribution < 1.29 is 14.3 Å². The summed E-state index contributed by atoms with van der Waals surface area (Å²) < 4.78 is 10.00. The lowest BCUT2D eigenvalue weighted by molar-refractivity contribution is 0.151. The first-order valence-electron chi connectivity index (χ1n) is 3.87. The molecule has 1 atom stereocenters. The predicted octanol–water partition coefficient (Wildman–Crippen LogP) is 1.49. The SMILES string of the molecule is COc1ccccc1[C@@H]([C]=O)OC. The number of rotatable bonds is 4. The van der Waals surface area contributed by atoms with Crippen LogP contribution in [0, 0.1) is 0 Å². The van der Waals surface area contributed by atoms with E-state index in [0.717, 1.165) is 0 Å². The van der Waals surface area contributed by atoms with Crippen LogP contribution in [0.4, 0.5) is 0 Å². The van der Waals surface area contributed by atoms with Crippen LogP contribution in [0.25, 0.3) is 0 Å². The van der Waals surface area contributed by atoms with Crippen molar-refractivity contribution in [1.29, 1.82) is 0 Å². The second-order valence-electron chi connectivity index (χ2n) is 2.48. The van der Waals surface area contributed by atoms with E-state index in [-0.39, 0.29) is 0 Å². The number of methoxy groups -OCH3 is 2. The molecule has 3 nitrogen and oxygen atoms in total. The molecule has 0 heterocycles. The molecule has 0 unspecified atom stereocenters. The van der Waals surface area contributed by atoms with E-state index in [1.54, 1.807) is 25.5 Å². The molecule has 0 amide bonds. The summed E-state index contributed by atoms with van der Waals surface area (Å²) in [5.74, 6) is 0.637. The van der Waals surface area contributed by atoms with E-state index in [1.807, 2.05) is 12.1 Å². The number of para-hydroxylation sites is 1. The zero-order chi connectivity index (χ0) is 9.68. The molecular weight excluding hydrogens is 168 g/mol. The third kappa shape index (κ3) is 2.06. The van der Waals surface area contributed by atoms with Crippen molar-refractivity contribution >= 4 is 6.29 Å². The molecule has 69 valence electrons. The average molecular weight is 179 g/mol. The summed E-state index contributed by atoms with van der Waals surface area (Å²) in [5.41, 5.74) is 0.697. The van der Waals surface area contributed by atoms with Crippen LogP contribution in [0.15, 0.2) is 24.3 Å². The molecule has 0 aliphatic carbocycles. The monoisotopic (exact) mass is 179 g/mol. The van der Waals surface area contributed by atoms with Crippen molar-refractivity contribution in [3.63, 3.8) is 0 Å². The van der Waals surface area contributed by atoms with Gasteiger partial charge in [0.05, 0.1) is 7.11 Å². The molecule has 1 radical (unpaired) electrons. The summed E-state index contributed by atoms with van der Waals surface area (Å²) in [6, 6.07) is 7.21. The fourth-order valence-electron chi connectivity index (χ4n) is 1.12. The normalized spacial score (nSPS) is 12.2. The third-order valence-corrected chi connectivity index (χ3v) is 1.76. The van der Waals surface area contributed by atoms with Crippen LogP contribution in [-0.2, 0) is 9.53 Å². The van der Waals surface area contributed by atoms with Crippen LogP contribution in [0.5, 0.6) is 5.75 Å². The van der Waals surface area contributed by atoms with Gasteiger partial charge in [0.2, 0.25) is 6.29 Å². The maximum Gasteiger partial charge on any atom is 0.234 e. The molecule has 1 rings (SSSR count). The topological polar surface area (TPSA) is 35.5 Å². The molecule has 0 aliphatic heterocycles. The standard InChI is InChI=1S/C10H11O3/c1-12-9-6-4-3-5-8(9)10(7-11)13-2/h3-6,10H,1-2H3/t10-/m1/s1. The van der Waals surface area contributed by atoms with Crippen LogP contribution < -0.4 is 4.74 Å². The van der Waals surface area contributed by atoms with E-state index in [0.29, 0.717) is 11.3 Å². The lowest BCUT2D eigenvalue weighted by Crippen LogP contribution is -2.04. The van der Waals surface area contributed by atoms with Gasteiger partial charge in [-0.05, 0) is 6.07 Å². The fraction of sp³-hybridized carbons (Fsp3) is 0.300. The summed E-state index contributed by atoms with van der Waals surface area (Å²) in [5, 5.41) is 0. The highest BCUT2D eigenvalue weighted by Gasteiger charge is 2.14. The lowest BCUT2D eigenvalue weighted by atomic mass is 10.1. The molecular formula is C10H11O3. The average Bonchev–Trinajstić information content (AvgIpc) is 2.20. The van der Waals surface area contributed by atoms with Crippen molar-refractivity contribution in [3.05, 3.63) is 29.8 Å². The largest absolute Gasteiger partial charge is 0.496 e. The second-order valence-corrected chi connectivity index (χ2v) is 2.48. The molecule has 0 aliphatic rings. The van der Waals surface area contributed by atoms with Crippen LogP contribution in [-0.4, -0.2) is 20.5 Å². The van der Waals surface area contributed by atoms with E-state index >= 15 is 0 Å². The predicted molar refractivity (Wildman–Crippen MR) is 48.4 cm³/mol. The van der Waals surface area contributed by atoms with Gasteiger partial charge in [-0.2, -0.15) is 0 Å². The third-order valence-electron chi connectivity index (χ3n) is 1.76. The van der Waals surface area contributed by atoms with Gasteiger partial charge in [0, 0.05) is 12.7 Å². The van der Waals surface area contributed by atoms with Crippen molar-refractivity contribution in [2.45, 2.75) is 6.10 Å². The van der Waals surface area contributed by atoms with E-state index < -0.39 is 6.10 Å². The van der Waals surface area contributed by atoms with Crippen molar-refractivity contribution in [2.24, 2.45) is 0 Å². The van der Waals surface area contributed by atoms with Crippen molar-refractivity contribution in [1.82, 2.24) is 0 Å². The van der Waals surface area contributed by atoms with E-state index in [4.69, 9.17) is 9.47 Å². The zero-order valence-corrected chi connectivity index (χ0v) is 7.61. The molecule has 0 N–H and O–H groups in total. The quantitative estimate of drug-likeness (QED) is 0.702. The smallest absolute Gasteiger partial charge is 0.234 e. The first-order valence-corrected chi connectivity index (χ1v) is 3.87. The van der Waals surface area contributed by atoms with Gasteiger partial charge in [0.25, 0.3) is 0 Å². The molecule has 0 saturated heterocycles. The second kappa shape index (κ2) is 4.62. The van der Waals surface area contributed by atoms with Gasteiger partial charge in [0.15, 0.2) is 6.10 Å². The molecule has 1 aromatic rings. The summed E-state index contributed by atoms with van der Waals surface area (Å²) in [7, 11) is 3.01. The summed E-state index contributed by atoms with van der Waals surface area (Å²) in [6.45, 7) is 0. The highest BCUT2D eigenvalue weighted by Crippen LogP contribution is 2.25. The first kappa shape index (κ1) is 9.74. The highest BCUT2D eigenvalue weighted by atomic mass is 16.5. The minimum atomic E-state index is -0.670. The van der Waals surface area contributed by atoms with Crippen LogP contribution >= 0.6 is 0 Å². The van der Waals surface area contributed by atoms with Crippen LogP contribution in [0.3, 0.4) is 0 Å².